The van der Waals surface area contributed by atoms with E-state index in [0.717, 1.165) is 0 Å². The van der Waals surface area contributed by atoms with Gasteiger partial charge in [-0.05, 0) is 25.1 Å². The summed E-state index contributed by atoms with van der Waals surface area (Å²) in [6.07, 6.45) is -0.742. The van der Waals surface area contributed by atoms with E-state index in [4.69, 9.17) is 16.3 Å². The molecule has 0 spiro atoms. The van der Waals surface area contributed by atoms with Crippen molar-refractivity contribution in [3.05, 3.63) is 39.4 Å². The van der Waals surface area contributed by atoms with Crippen LogP contribution in [-0.4, -0.2) is 30.2 Å². The van der Waals surface area contributed by atoms with E-state index in [1.54, 1.807) is 31.2 Å². The van der Waals surface area contributed by atoms with Gasteiger partial charge in [0.1, 0.15) is 12.4 Å². The number of halogens is 1. The summed E-state index contributed by atoms with van der Waals surface area (Å²) < 4.78 is 5.36. The molecule has 0 bridgehead atoms. The molecule has 0 saturated carbocycles. The number of nitrogens with one attached hydrogen (secondary N) is 1. The number of carbonyl (C=O) groups is 1. The Morgan fingerprint density at radius 1 is 1.58 bits per heavy atom. The molecule has 1 aromatic carbocycles. The van der Waals surface area contributed by atoms with E-state index in [1.165, 1.54) is 0 Å². The lowest BCUT2D eigenvalue weighted by atomic mass is 10.3. The molecule has 0 aromatic heterocycles. The number of amides is 1. The normalized spacial score (nSPS) is 11.5. The Hall–Kier alpha value is -2.02. The topological polar surface area (TPSA) is 90.7 Å². The molecule has 0 radical (unpaired) electrons. The SMILES string of the molecule is CC(Oc1cccc(Cl)c1)C(=O)NCCO[N+](=O)[O-]. The lowest BCUT2D eigenvalue weighted by Crippen LogP contribution is -2.38. The third kappa shape index (κ3) is 5.91. The van der Waals surface area contributed by atoms with Crippen molar-refractivity contribution >= 4 is 17.5 Å². The minimum absolute atomic E-state index is 0.0308. The van der Waals surface area contributed by atoms with Crippen LogP contribution in [0.25, 0.3) is 0 Å². The molecule has 7 nitrogen and oxygen atoms in total. The Bertz CT molecular complexity index is 454. The largest absolute Gasteiger partial charge is 0.481 e. The molecular formula is C11H13ClN2O5. The molecule has 1 amide bonds. The molecule has 1 unspecified atom stereocenters. The predicted molar refractivity (Wildman–Crippen MR) is 67.5 cm³/mol. The average Bonchev–Trinajstić information content (AvgIpc) is 2.34. The van der Waals surface area contributed by atoms with Crippen molar-refractivity contribution in [3.8, 4) is 5.75 Å². The maximum Gasteiger partial charge on any atom is 0.294 e. The lowest BCUT2D eigenvalue weighted by Gasteiger charge is -2.14. The van der Waals surface area contributed by atoms with E-state index >= 15 is 0 Å². The zero-order chi connectivity index (χ0) is 14.3. The molecule has 1 atom stereocenters. The van der Waals surface area contributed by atoms with Crippen molar-refractivity contribution in [2.24, 2.45) is 0 Å². The number of hydrogen-bond acceptors (Lipinski definition) is 5. The van der Waals surface area contributed by atoms with Crippen LogP contribution in [0.15, 0.2) is 24.3 Å². The van der Waals surface area contributed by atoms with E-state index in [0.29, 0.717) is 10.8 Å². The molecule has 0 heterocycles. The summed E-state index contributed by atoms with van der Waals surface area (Å²) in [6, 6.07) is 6.65. The Kier molecular flexibility index (Phi) is 5.87. The van der Waals surface area contributed by atoms with Gasteiger partial charge in [-0.1, -0.05) is 17.7 Å². The highest BCUT2D eigenvalue weighted by Gasteiger charge is 2.14. The number of nitrogens with zero attached hydrogens (tertiary/aromatic N) is 1. The molecular weight excluding hydrogens is 276 g/mol. The van der Waals surface area contributed by atoms with Crippen molar-refractivity contribution in [1.82, 2.24) is 5.32 Å². The number of ether oxygens (including phenoxy) is 1. The lowest BCUT2D eigenvalue weighted by molar-refractivity contribution is -0.757. The Morgan fingerprint density at radius 2 is 2.32 bits per heavy atom. The third-order valence-electron chi connectivity index (χ3n) is 2.08. The van der Waals surface area contributed by atoms with Crippen LogP contribution < -0.4 is 10.1 Å². The second-order valence-corrected chi connectivity index (χ2v) is 4.00. The average molecular weight is 289 g/mol. The highest BCUT2D eigenvalue weighted by molar-refractivity contribution is 6.30. The van der Waals surface area contributed by atoms with Crippen LogP contribution in [0.5, 0.6) is 5.75 Å². The number of hydrogen-bond donors (Lipinski definition) is 1. The van der Waals surface area contributed by atoms with Crippen molar-refractivity contribution in [3.63, 3.8) is 0 Å². The maximum absolute atomic E-state index is 11.6. The first-order valence-corrected chi connectivity index (χ1v) is 5.84. The molecule has 0 aliphatic heterocycles. The summed E-state index contributed by atoms with van der Waals surface area (Å²) in [5.74, 6) is 0.0728. The maximum atomic E-state index is 11.6. The Balaban J connectivity index is 2.34. The van der Waals surface area contributed by atoms with Gasteiger partial charge < -0.3 is 14.9 Å². The van der Waals surface area contributed by atoms with Crippen LogP contribution in [-0.2, 0) is 9.63 Å². The fourth-order valence-electron chi connectivity index (χ4n) is 1.24. The zero-order valence-corrected chi connectivity index (χ0v) is 10.9. The van der Waals surface area contributed by atoms with Crippen molar-refractivity contribution in [2.45, 2.75) is 13.0 Å². The van der Waals surface area contributed by atoms with Crippen LogP contribution in [0.3, 0.4) is 0 Å². The smallest absolute Gasteiger partial charge is 0.294 e. The fraction of sp³-hybridized carbons (Fsp3) is 0.364. The standard InChI is InChI=1S/C11H13ClN2O5/c1-8(11(15)13-5-6-18-14(16)17)19-10-4-2-3-9(12)7-10/h2-4,7-8H,5-6H2,1H3,(H,13,15). The third-order valence-corrected chi connectivity index (χ3v) is 2.31. The molecule has 8 heteroatoms. The summed E-state index contributed by atoms with van der Waals surface area (Å²) in [4.78, 5) is 25.5. The molecule has 104 valence electrons. The van der Waals surface area contributed by atoms with E-state index in [-0.39, 0.29) is 13.2 Å². The Labute approximate surface area is 114 Å². The van der Waals surface area contributed by atoms with E-state index in [9.17, 15) is 14.9 Å². The predicted octanol–water partition coefficient (Wildman–Crippen LogP) is 1.43. The van der Waals surface area contributed by atoms with Gasteiger partial charge in [0.25, 0.3) is 11.0 Å². The molecule has 0 fully saturated rings. The summed E-state index contributed by atoms with van der Waals surface area (Å²) in [5, 5.41) is 11.9. The van der Waals surface area contributed by atoms with Crippen LogP contribution in [0, 0.1) is 10.1 Å². The van der Waals surface area contributed by atoms with E-state index in [1.807, 2.05) is 0 Å². The number of carbonyl (C=O) groups excluding carboxylic acids is 1. The minimum Gasteiger partial charge on any atom is -0.481 e. The highest BCUT2D eigenvalue weighted by Crippen LogP contribution is 2.18. The van der Waals surface area contributed by atoms with Gasteiger partial charge in [-0.3, -0.25) is 4.79 Å². The quantitative estimate of drug-likeness (QED) is 0.465. The molecule has 1 rings (SSSR count). The van der Waals surface area contributed by atoms with E-state index in [2.05, 4.69) is 10.2 Å². The second-order valence-electron chi connectivity index (χ2n) is 3.57. The second kappa shape index (κ2) is 7.42. The summed E-state index contributed by atoms with van der Waals surface area (Å²) in [7, 11) is 0. The minimum atomic E-state index is -0.919. The van der Waals surface area contributed by atoms with Gasteiger partial charge in [-0.2, -0.15) is 0 Å². The van der Waals surface area contributed by atoms with Gasteiger partial charge in [0.2, 0.25) is 0 Å². The van der Waals surface area contributed by atoms with Crippen molar-refractivity contribution in [1.29, 1.82) is 0 Å². The molecule has 0 saturated heterocycles. The fourth-order valence-corrected chi connectivity index (χ4v) is 1.42. The first kappa shape index (κ1) is 15.0. The van der Waals surface area contributed by atoms with Gasteiger partial charge in [0.05, 0.1) is 0 Å². The molecule has 19 heavy (non-hydrogen) atoms. The highest BCUT2D eigenvalue weighted by atomic mass is 35.5. The van der Waals surface area contributed by atoms with Crippen LogP contribution in [0.4, 0.5) is 0 Å². The number of rotatable bonds is 7. The molecule has 0 aliphatic rings. The monoisotopic (exact) mass is 288 g/mol. The molecule has 1 aromatic rings. The zero-order valence-electron chi connectivity index (χ0n) is 10.2. The van der Waals surface area contributed by atoms with Gasteiger partial charge in [0, 0.05) is 11.6 Å². The van der Waals surface area contributed by atoms with Gasteiger partial charge >= 0.3 is 0 Å². The summed E-state index contributed by atoms with van der Waals surface area (Å²) in [5.41, 5.74) is 0. The van der Waals surface area contributed by atoms with Crippen LogP contribution in [0.2, 0.25) is 5.02 Å². The molecule has 0 aliphatic carbocycles. The Morgan fingerprint density at radius 3 is 2.95 bits per heavy atom. The first-order chi connectivity index (χ1) is 8.99. The summed E-state index contributed by atoms with van der Waals surface area (Å²) >= 11 is 5.78. The van der Waals surface area contributed by atoms with Gasteiger partial charge in [-0.25, -0.2) is 0 Å². The molecule has 1 N–H and O–H groups in total. The van der Waals surface area contributed by atoms with E-state index < -0.39 is 17.1 Å². The summed E-state index contributed by atoms with van der Waals surface area (Å²) in [6.45, 7) is 1.39. The number of benzene rings is 1. The van der Waals surface area contributed by atoms with Gasteiger partial charge in [-0.15, -0.1) is 10.1 Å². The van der Waals surface area contributed by atoms with Crippen LogP contribution in [0.1, 0.15) is 6.92 Å². The first-order valence-electron chi connectivity index (χ1n) is 5.46. The van der Waals surface area contributed by atoms with Crippen molar-refractivity contribution in [2.75, 3.05) is 13.2 Å². The van der Waals surface area contributed by atoms with Crippen molar-refractivity contribution < 1.29 is 19.5 Å². The van der Waals surface area contributed by atoms with Gasteiger partial charge in [0.15, 0.2) is 6.10 Å². The van der Waals surface area contributed by atoms with Crippen LogP contribution >= 0.6 is 11.6 Å².